The van der Waals surface area contributed by atoms with Crippen molar-refractivity contribution in [1.82, 2.24) is 4.90 Å². The molecule has 0 aromatic carbocycles. The average Bonchev–Trinajstić information content (AvgIpc) is 3.02. The third-order valence-electron chi connectivity index (χ3n) is 3.26. The molecule has 17 heavy (non-hydrogen) atoms. The average molecular weight is 241 g/mol. The van der Waals surface area contributed by atoms with Gasteiger partial charge < -0.3 is 14.4 Å². The predicted molar refractivity (Wildman–Crippen MR) is 60.3 cm³/mol. The highest BCUT2D eigenvalue weighted by Gasteiger charge is 2.37. The van der Waals surface area contributed by atoms with Gasteiger partial charge in [0.05, 0.1) is 13.5 Å². The van der Waals surface area contributed by atoms with E-state index in [1.54, 1.807) is 4.90 Å². The van der Waals surface area contributed by atoms with Crippen LogP contribution in [0.25, 0.3) is 0 Å². The van der Waals surface area contributed by atoms with Crippen molar-refractivity contribution in [3.05, 3.63) is 0 Å². The molecule has 1 amide bonds. The molecule has 2 aliphatic rings. The molecule has 1 saturated carbocycles. The molecule has 0 N–H and O–H groups in total. The summed E-state index contributed by atoms with van der Waals surface area (Å²) in [4.78, 5) is 25.1. The molecular formula is C12H19NO4. The minimum Gasteiger partial charge on any atom is -0.469 e. The monoisotopic (exact) mass is 241 g/mol. The van der Waals surface area contributed by atoms with Gasteiger partial charge in [0.25, 0.3) is 5.91 Å². The molecule has 1 heterocycles. The number of hydrogen-bond acceptors (Lipinski definition) is 4. The van der Waals surface area contributed by atoms with Gasteiger partial charge in [0, 0.05) is 19.2 Å². The molecule has 0 aromatic heterocycles. The zero-order valence-electron chi connectivity index (χ0n) is 10.2. The molecule has 0 aromatic rings. The molecule has 2 fully saturated rings. The highest BCUT2D eigenvalue weighted by Crippen LogP contribution is 2.29. The summed E-state index contributed by atoms with van der Waals surface area (Å²) in [6.07, 6.45) is 3.82. The lowest BCUT2D eigenvalue weighted by Crippen LogP contribution is -2.41. The van der Waals surface area contributed by atoms with Gasteiger partial charge in [-0.1, -0.05) is 0 Å². The van der Waals surface area contributed by atoms with E-state index in [0.29, 0.717) is 19.2 Å². The maximum absolute atomic E-state index is 12.2. The van der Waals surface area contributed by atoms with Crippen LogP contribution < -0.4 is 0 Å². The van der Waals surface area contributed by atoms with Gasteiger partial charge in [-0.3, -0.25) is 9.59 Å². The molecular weight excluding hydrogens is 222 g/mol. The van der Waals surface area contributed by atoms with Crippen LogP contribution in [0, 0.1) is 0 Å². The second-order valence-corrected chi connectivity index (χ2v) is 4.59. The molecule has 0 radical (unpaired) electrons. The predicted octanol–water partition coefficient (Wildman–Crippen LogP) is 0.719. The van der Waals surface area contributed by atoms with E-state index >= 15 is 0 Å². The smallest absolute Gasteiger partial charge is 0.307 e. The zero-order chi connectivity index (χ0) is 12.3. The lowest BCUT2D eigenvalue weighted by molar-refractivity contribution is -0.144. The number of carbonyl (C=O) groups excluding carboxylic acids is 2. The maximum atomic E-state index is 12.2. The molecule has 1 unspecified atom stereocenters. The lowest BCUT2D eigenvalue weighted by atomic mass is 10.2. The van der Waals surface area contributed by atoms with E-state index in [1.165, 1.54) is 7.11 Å². The molecule has 5 heteroatoms. The standard InChI is InChI=1S/C12H19NO4/c1-16-11(14)6-7-13(9-4-5-9)12(15)10-3-2-8-17-10/h9-10H,2-8H2,1H3. The second kappa shape index (κ2) is 5.49. The summed E-state index contributed by atoms with van der Waals surface area (Å²) >= 11 is 0. The Morgan fingerprint density at radius 1 is 1.35 bits per heavy atom. The van der Waals surface area contributed by atoms with Gasteiger partial charge in [0.2, 0.25) is 0 Å². The van der Waals surface area contributed by atoms with Gasteiger partial charge in [-0.05, 0) is 25.7 Å². The fourth-order valence-electron chi connectivity index (χ4n) is 2.13. The van der Waals surface area contributed by atoms with E-state index in [-0.39, 0.29) is 24.4 Å². The van der Waals surface area contributed by atoms with E-state index in [9.17, 15) is 9.59 Å². The van der Waals surface area contributed by atoms with Crippen molar-refractivity contribution < 1.29 is 19.1 Å². The van der Waals surface area contributed by atoms with Crippen molar-refractivity contribution in [2.24, 2.45) is 0 Å². The van der Waals surface area contributed by atoms with Gasteiger partial charge >= 0.3 is 5.97 Å². The van der Waals surface area contributed by atoms with Gasteiger partial charge in [-0.15, -0.1) is 0 Å². The number of nitrogens with zero attached hydrogens (tertiary/aromatic N) is 1. The Kier molecular flexibility index (Phi) is 3.99. The Balaban J connectivity index is 1.87. The molecule has 5 nitrogen and oxygen atoms in total. The van der Waals surface area contributed by atoms with E-state index in [4.69, 9.17) is 4.74 Å². The van der Waals surface area contributed by atoms with E-state index in [1.807, 2.05) is 0 Å². The van der Waals surface area contributed by atoms with Crippen LogP contribution in [0.2, 0.25) is 0 Å². The lowest BCUT2D eigenvalue weighted by Gasteiger charge is -2.24. The molecule has 1 saturated heterocycles. The summed E-state index contributed by atoms with van der Waals surface area (Å²) in [6.45, 7) is 1.13. The van der Waals surface area contributed by atoms with Crippen LogP contribution in [-0.4, -0.2) is 49.2 Å². The minimum atomic E-state index is -0.284. The normalized spacial score (nSPS) is 23.5. The first-order chi connectivity index (χ1) is 8.22. The summed E-state index contributed by atoms with van der Waals surface area (Å²) in [6, 6.07) is 0.316. The highest BCUT2D eigenvalue weighted by molar-refractivity contribution is 5.82. The van der Waals surface area contributed by atoms with Crippen molar-refractivity contribution in [3.63, 3.8) is 0 Å². The summed E-state index contributed by atoms with van der Waals surface area (Å²) in [7, 11) is 1.37. The summed E-state index contributed by atoms with van der Waals surface area (Å²) < 4.78 is 10.00. The third-order valence-corrected chi connectivity index (χ3v) is 3.26. The second-order valence-electron chi connectivity index (χ2n) is 4.59. The Morgan fingerprint density at radius 3 is 2.65 bits per heavy atom. The Hall–Kier alpha value is -1.10. The fraction of sp³-hybridized carbons (Fsp3) is 0.833. The van der Waals surface area contributed by atoms with Crippen LogP contribution >= 0.6 is 0 Å². The van der Waals surface area contributed by atoms with Crippen LogP contribution in [0.4, 0.5) is 0 Å². The van der Waals surface area contributed by atoms with Crippen molar-refractivity contribution in [2.45, 2.75) is 44.2 Å². The zero-order valence-corrected chi connectivity index (χ0v) is 10.2. The minimum absolute atomic E-state index is 0.0499. The van der Waals surface area contributed by atoms with Crippen LogP contribution in [-0.2, 0) is 19.1 Å². The fourth-order valence-corrected chi connectivity index (χ4v) is 2.13. The van der Waals surface area contributed by atoms with E-state index < -0.39 is 0 Å². The molecule has 96 valence electrons. The largest absolute Gasteiger partial charge is 0.469 e. The van der Waals surface area contributed by atoms with Crippen LogP contribution in [0.15, 0.2) is 0 Å². The van der Waals surface area contributed by atoms with Gasteiger partial charge in [-0.2, -0.15) is 0 Å². The first-order valence-corrected chi connectivity index (χ1v) is 6.21. The van der Waals surface area contributed by atoms with Crippen molar-refractivity contribution >= 4 is 11.9 Å². The van der Waals surface area contributed by atoms with Crippen molar-refractivity contribution in [1.29, 1.82) is 0 Å². The van der Waals surface area contributed by atoms with Crippen LogP contribution in [0.3, 0.4) is 0 Å². The first kappa shape index (κ1) is 12.4. The molecule has 2 rings (SSSR count). The Morgan fingerprint density at radius 2 is 2.12 bits per heavy atom. The Bertz CT molecular complexity index is 295. The topological polar surface area (TPSA) is 55.8 Å². The maximum Gasteiger partial charge on any atom is 0.307 e. The number of esters is 1. The number of methoxy groups -OCH3 is 1. The summed E-state index contributed by atoms with van der Waals surface area (Å²) in [5.74, 6) is -0.218. The van der Waals surface area contributed by atoms with Crippen LogP contribution in [0.5, 0.6) is 0 Å². The molecule has 1 aliphatic carbocycles. The van der Waals surface area contributed by atoms with Gasteiger partial charge in [0.1, 0.15) is 6.10 Å². The number of carbonyl (C=O) groups is 2. The van der Waals surface area contributed by atoms with Crippen LogP contribution in [0.1, 0.15) is 32.1 Å². The SMILES string of the molecule is COC(=O)CCN(C(=O)C1CCCO1)C1CC1. The number of amides is 1. The van der Waals surface area contributed by atoms with E-state index in [2.05, 4.69) is 4.74 Å². The molecule has 0 bridgehead atoms. The number of ether oxygens (including phenoxy) is 2. The molecule has 1 atom stereocenters. The molecule has 1 aliphatic heterocycles. The van der Waals surface area contributed by atoms with Gasteiger partial charge in [-0.25, -0.2) is 0 Å². The summed E-state index contributed by atoms with van der Waals surface area (Å²) in [5.41, 5.74) is 0. The Labute approximate surface area is 101 Å². The summed E-state index contributed by atoms with van der Waals surface area (Å²) in [5, 5.41) is 0. The quantitative estimate of drug-likeness (QED) is 0.665. The van der Waals surface area contributed by atoms with E-state index in [0.717, 1.165) is 25.7 Å². The number of rotatable bonds is 5. The van der Waals surface area contributed by atoms with Crippen molar-refractivity contribution in [2.75, 3.05) is 20.3 Å². The van der Waals surface area contributed by atoms with Gasteiger partial charge in [0.15, 0.2) is 0 Å². The third kappa shape index (κ3) is 3.19. The molecule has 0 spiro atoms. The van der Waals surface area contributed by atoms with Crippen molar-refractivity contribution in [3.8, 4) is 0 Å². The highest BCUT2D eigenvalue weighted by atomic mass is 16.5. The number of hydrogen-bond donors (Lipinski definition) is 0. The first-order valence-electron chi connectivity index (χ1n) is 6.21.